The average Bonchev–Trinajstić information content (AvgIpc) is 2.83. The van der Waals surface area contributed by atoms with Gasteiger partial charge in [-0.15, -0.1) is 0 Å². The van der Waals surface area contributed by atoms with E-state index in [9.17, 15) is 0 Å². The molecule has 0 aliphatic carbocycles. The quantitative estimate of drug-likeness (QED) is 0.587. The highest BCUT2D eigenvalue weighted by molar-refractivity contribution is 5.48. The zero-order chi connectivity index (χ0) is 22.6. The van der Waals surface area contributed by atoms with Crippen molar-refractivity contribution in [3.63, 3.8) is 0 Å². The van der Waals surface area contributed by atoms with Gasteiger partial charge < -0.3 is 14.2 Å². The van der Waals surface area contributed by atoms with E-state index in [0.29, 0.717) is 13.5 Å². The van der Waals surface area contributed by atoms with E-state index in [-0.39, 0.29) is 0 Å². The summed E-state index contributed by atoms with van der Waals surface area (Å²) in [7, 11) is 0. The van der Waals surface area contributed by atoms with Crippen molar-refractivity contribution < 1.29 is 14.2 Å². The summed E-state index contributed by atoms with van der Waals surface area (Å²) >= 11 is 0. The Labute approximate surface area is 197 Å². The molecule has 1 N–H and O–H groups in total. The molecule has 0 fully saturated rings. The molecule has 0 radical (unpaired) electrons. The van der Waals surface area contributed by atoms with Crippen LogP contribution in [0.5, 0.6) is 17.2 Å². The Kier molecular flexibility index (Phi) is 7.04. The van der Waals surface area contributed by atoms with Crippen molar-refractivity contribution in [3.05, 3.63) is 52.1 Å². The molecule has 0 spiro atoms. The topological polar surface area (TPSA) is 46.2 Å². The first-order valence-electron chi connectivity index (χ1n) is 12.5. The number of rotatable bonds is 8. The fraction of sp³-hybridized carbons (Fsp3) is 0.556. The van der Waals surface area contributed by atoms with Gasteiger partial charge in [0.2, 0.25) is 0 Å². The van der Waals surface area contributed by atoms with Crippen LogP contribution in [0.3, 0.4) is 0 Å². The van der Waals surface area contributed by atoms with Crippen molar-refractivity contribution in [3.8, 4) is 17.2 Å². The summed E-state index contributed by atoms with van der Waals surface area (Å²) in [6, 6.07) is 8.79. The van der Waals surface area contributed by atoms with Crippen molar-refractivity contribution in [1.29, 1.82) is 0 Å². The first kappa shape index (κ1) is 22.5. The standard InChI is InChI=1S/C27H37N3O3/c1-20-10-23-15-29(18-32-25(23)11-21(20)2)8-6-4-3-5-7-9-30-16-24-12-22-14-28-17-31-26(22)13-27(24)33-19-30/h10-13,28H,3-9,14-19H2,1-2H3. The van der Waals surface area contributed by atoms with Crippen molar-refractivity contribution in [1.82, 2.24) is 15.1 Å². The summed E-state index contributed by atoms with van der Waals surface area (Å²) in [5.41, 5.74) is 6.51. The highest BCUT2D eigenvalue weighted by atomic mass is 16.5. The number of ether oxygens (including phenoxy) is 3. The highest BCUT2D eigenvalue weighted by Gasteiger charge is 2.21. The number of fused-ring (bicyclic) bond motifs is 3. The molecular formula is C27H37N3O3. The molecule has 6 heteroatoms. The lowest BCUT2D eigenvalue weighted by Crippen LogP contribution is -2.33. The molecule has 0 unspecified atom stereocenters. The van der Waals surface area contributed by atoms with Crippen LogP contribution in [0.4, 0.5) is 0 Å². The normalized spacial score (nSPS) is 17.9. The largest absolute Gasteiger partial charge is 0.478 e. The summed E-state index contributed by atoms with van der Waals surface area (Å²) in [6.07, 6.45) is 6.33. The molecule has 0 atom stereocenters. The average molecular weight is 452 g/mol. The molecule has 5 rings (SSSR count). The van der Waals surface area contributed by atoms with Gasteiger partial charge in [-0.25, -0.2) is 0 Å². The fourth-order valence-electron chi connectivity index (χ4n) is 4.99. The lowest BCUT2D eigenvalue weighted by molar-refractivity contribution is 0.0910. The van der Waals surface area contributed by atoms with Gasteiger partial charge in [0, 0.05) is 55.5 Å². The van der Waals surface area contributed by atoms with Crippen LogP contribution in [0.25, 0.3) is 0 Å². The number of hydrogen-bond donors (Lipinski definition) is 1. The molecule has 0 saturated carbocycles. The molecule has 2 aromatic rings. The zero-order valence-corrected chi connectivity index (χ0v) is 20.1. The van der Waals surface area contributed by atoms with E-state index in [0.717, 1.165) is 56.7 Å². The van der Waals surface area contributed by atoms with Gasteiger partial charge in [0.25, 0.3) is 0 Å². The Bertz CT molecular complexity index is 978. The molecule has 178 valence electrons. The minimum absolute atomic E-state index is 0.580. The van der Waals surface area contributed by atoms with Crippen molar-refractivity contribution in [2.75, 3.05) is 33.3 Å². The molecular weight excluding hydrogens is 414 g/mol. The van der Waals surface area contributed by atoms with Crippen LogP contribution < -0.4 is 19.5 Å². The Morgan fingerprint density at radius 2 is 1.24 bits per heavy atom. The number of hydrogen-bond acceptors (Lipinski definition) is 6. The van der Waals surface area contributed by atoms with Crippen molar-refractivity contribution in [2.24, 2.45) is 0 Å². The minimum atomic E-state index is 0.580. The van der Waals surface area contributed by atoms with E-state index in [1.165, 1.54) is 59.9 Å². The Hall–Kier alpha value is -2.28. The third kappa shape index (κ3) is 5.45. The molecule has 0 aromatic heterocycles. The highest BCUT2D eigenvalue weighted by Crippen LogP contribution is 2.34. The minimum Gasteiger partial charge on any atom is -0.478 e. The van der Waals surface area contributed by atoms with E-state index < -0.39 is 0 Å². The zero-order valence-electron chi connectivity index (χ0n) is 20.1. The summed E-state index contributed by atoms with van der Waals surface area (Å²) in [6.45, 7) is 11.4. The molecule has 3 aliphatic heterocycles. The van der Waals surface area contributed by atoms with Crippen LogP contribution in [0, 0.1) is 13.8 Å². The second-order valence-corrected chi connectivity index (χ2v) is 9.75. The van der Waals surface area contributed by atoms with Gasteiger partial charge in [0.15, 0.2) is 0 Å². The van der Waals surface area contributed by atoms with Gasteiger partial charge in [0.1, 0.15) is 37.4 Å². The van der Waals surface area contributed by atoms with Gasteiger partial charge in [-0.1, -0.05) is 25.3 Å². The van der Waals surface area contributed by atoms with Crippen LogP contribution in [0.1, 0.15) is 59.9 Å². The third-order valence-corrected chi connectivity index (χ3v) is 7.11. The maximum Gasteiger partial charge on any atom is 0.142 e. The number of aryl methyl sites for hydroxylation is 2. The second kappa shape index (κ2) is 10.3. The van der Waals surface area contributed by atoms with Gasteiger partial charge in [-0.05, 0) is 49.9 Å². The monoisotopic (exact) mass is 451 g/mol. The molecule has 6 nitrogen and oxygen atoms in total. The van der Waals surface area contributed by atoms with E-state index >= 15 is 0 Å². The molecule has 2 aromatic carbocycles. The number of nitrogens with zero attached hydrogens (tertiary/aromatic N) is 2. The maximum atomic E-state index is 6.01. The Balaban J connectivity index is 0.973. The van der Waals surface area contributed by atoms with E-state index in [1.807, 2.05) is 0 Å². The number of benzene rings is 2. The first-order chi connectivity index (χ1) is 16.2. The summed E-state index contributed by atoms with van der Waals surface area (Å²) in [5.74, 6) is 3.02. The van der Waals surface area contributed by atoms with Gasteiger partial charge in [-0.2, -0.15) is 0 Å². The molecule has 0 bridgehead atoms. The van der Waals surface area contributed by atoms with E-state index in [2.05, 4.69) is 53.2 Å². The van der Waals surface area contributed by atoms with E-state index in [1.54, 1.807) is 0 Å². The van der Waals surface area contributed by atoms with Crippen molar-refractivity contribution >= 4 is 0 Å². The number of unbranched alkanes of at least 4 members (excludes halogenated alkanes) is 4. The number of nitrogens with one attached hydrogen (secondary N) is 1. The Morgan fingerprint density at radius 1 is 0.667 bits per heavy atom. The predicted molar refractivity (Wildman–Crippen MR) is 130 cm³/mol. The second-order valence-electron chi connectivity index (χ2n) is 9.75. The molecule has 0 amide bonds. The van der Waals surface area contributed by atoms with E-state index in [4.69, 9.17) is 14.2 Å². The molecule has 0 saturated heterocycles. The van der Waals surface area contributed by atoms with Crippen LogP contribution in [0.2, 0.25) is 0 Å². The molecule has 3 aliphatic rings. The lowest BCUT2D eigenvalue weighted by Gasteiger charge is -2.30. The smallest absolute Gasteiger partial charge is 0.142 e. The molecule has 3 heterocycles. The van der Waals surface area contributed by atoms with Gasteiger partial charge in [0.05, 0.1) is 0 Å². The summed E-state index contributed by atoms with van der Waals surface area (Å²) in [4.78, 5) is 4.84. The predicted octanol–water partition coefficient (Wildman–Crippen LogP) is 4.70. The van der Waals surface area contributed by atoms with Crippen molar-refractivity contribution in [2.45, 2.75) is 65.6 Å². The fourth-order valence-corrected chi connectivity index (χ4v) is 4.99. The van der Waals surface area contributed by atoms with Crippen LogP contribution in [0.15, 0.2) is 24.3 Å². The van der Waals surface area contributed by atoms with Crippen LogP contribution in [-0.4, -0.2) is 43.1 Å². The maximum absolute atomic E-state index is 6.01. The first-order valence-corrected chi connectivity index (χ1v) is 12.5. The van der Waals surface area contributed by atoms with Crippen LogP contribution >= 0.6 is 0 Å². The lowest BCUT2D eigenvalue weighted by atomic mass is 10.0. The molecule has 33 heavy (non-hydrogen) atoms. The third-order valence-electron chi connectivity index (χ3n) is 7.11. The summed E-state index contributed by atoms with van der Waals surface area (Å²) < 4.78 is 17.7. The van der Waals surface area contributed by atoms with Gasteiger partial charge >= 0.3 is 0 Å². The Morgan fingerprint density at radius 3 is 1.97 bits per heavy atom. The van der Waals surface area contributed by atoms with Gasteiger partial charge in [-0.3, -0.25) is 15.1 Å². The van der Waals surface area contributed by atoms with Crippen LogP contribution in [-0.2, 0) is 19.6 Å². The summed E-state index contributed by atoms with van der Waals surface area (Å²) in [5, 5.41) is 3.26. The SMILES string of the molecule is Cc1cc2c(cc1C)OCN(CCCCCCCN1COc3cc4c(cc3C1)CNCO4)C2.